The molecule has 1 aliphatic heterocycles. The lowest BCUT2D eigenvalue weighted by atomic mass is 9.99. The molecule has 1 amide bonds. The van der Waals surface area contributed by atoms with Gasteiger partial charge in [0.25, 0.3) is 0 Å². The third kappa shape index (κ3) is 4.78. The number of nitrogens with two attached hydrogens (primary N) is 1. The Labute approximate surface area is 146 Å². The summed E-state index contributed by atoms with van der Waals surface area (Å²) in [6.45, 7) is 0.966. The van der Waals surface area contributed by atoms with Gasteiger partial charge in [-0.25, -0.2) is 4.39 Å². The molecule has 0 saturated carbocycles. The molecular weight excluding hydrogens is 344 g/mol. The molecule has 2 rings (SSSR count). The van der Waals surface area contributed by atoms with Gasteiger partial charge in [-0.2, -0.15) is 0 Å². The van der Waals surface area contributed by atoms with E-state index in [2.05, 4.69) is 10.2 Å². The second kappa shape index (κ2) is 8.80. The molecule has 0 aromatic heterocycles. The molecule has 3 unspecified atom stereocenters. The average molecular weight is 366 g/mol. The minimum atomic E-state index is -0.710. The summed E-state index contributed by atoms with van der Waals surface area (Å²) in [5, 5.41) is 3.03. The van der Waals surface area contributed by atoms with Crippen molar-refractivity contribution in [1.82, 2.24) is 10.2 Å². The standard InChI is InChI=1S/C15H21ClFN3O2.ClH/c1-20-6-5-13(19-15(21)12(18)8-22-2)14(20)9-3-4-10(16)11(17)7-9;/h3-4,7,12-14H,5-6,8,18H2,1-2H3,(H,19,21);1H. The Hall–Kier alpha value is -0.920. The van der Waals surface area contributed by atoms with Crippen LogP contribution in [-0.2, 0) is 9.53 Å². The Morgan fingerprint density at radius 2 is 2.30 bits per heavy atom. The number of methoxy groups -OCH3 is 1. The van der Waals surface area contributed by atoms with E-state index in [1.54, 1.807) is 6.07 Å². The first-order chi connectivity index (χ1) is 10.4. The largest absolute Gasteiger partial charge is 0.383 e. The van der Waals surface area contributed by atoms with Crippen LogP contribution < -0.4 is 11.1 Å². The van der Waals surface area contributed by atoms with Crippen molar-refractivity contribution in [1.29, 1.82) is 0 Å². The fraction of sp³-hybridized carbons (Fsp3) is 0.533. The van der Waals surface area contributed by atoms with Gasteiger partial charge in [-0.1, -0.05) is 17.7 Å². The summed E-state index contributed by atoms with van der Waals surface area (Å²) < 4.78 is 18.6. The maximum atomic E-state index is 13.7. The van der Waals surface area contributed by atoms with Crippen LogP contribution in [-0.4, -0.2) is 50.2 Å². The molecule has 1 aromatic carbocycles. The van der Waals surface area contributed by atoms with Crippen LogP contribution in [0.15, 0.2) is 18.2 Å². The van der Waals surface area contributed by atoms with Gasteiger partial charge in [-0.15, -0.1) is 12.4 Å². The first-order valence-electron chi connectivity index (χ1n) is 7.14. The highest BCUT2D eigenvalue weighted by atomic mass is 35.5. The molecule has 0 spiro atoms. The van der Waals surface area contributed by atoms with Crippen molar-refractivity contribution in [3.05, 3.63) is 34.6 Å². The highest BCUT2D eigenvalue weighted by Gasteiger charge is 2.35. The van der Waals surface area contributed by atoms with E-state index >= 15 is 0 Å². The number of nitrogens with zero attached hydrogens (tertiary/aromatic N) is 1. The maximum Gasteiger partial charge on any atom is 0.239 e. The number of halogens is 3. The normalized spacial score (nSPS) is 22.5. The van der Waals surface area contributed by atoms with Crippen LogP contribution in [0.25, 0.3) is 0 Å². The Balaban J connectivity index is 0.00000264. The lowest BCUT2D eigenvalue weighted by Gasteiger charge is -2.27. The van der Waals surface area contributed by atoms with Gasteiger partial charge in [0, 0.05) is 19.7 Å². The highest BCUT2D eigenvalue weighted by molar-refractivity contribution is 6.30. The van der Waals surface area contributed by atoms with E-state index in [0.29, 0.717) is 0 Å². The van der Waals surface area contributed by atoms with E-state index in [-0.39, 0.29) is 42.0 Å². The molecule has 1 heterocycles. The quantitative estimate of drug-likeness (QED) is 0.833. The Morgan fingerprint density at radius 3 is 2.91 bits per heavy atom. The van der Waals surface area contributed by atoms with E-state index in [1.807, 2.05) is 7.05 Å². The zero-order valence-corrected chi connectivity index (χ0v) is 14.7. The van der Waals surface area contributed by atoms with Crippen LogP contribution in [0, 0.1) is 5.82 Å². The predicted molar refractivity (Wildman–Crippen MR) is 90.4 cm³/mol. The number of ether oxygens (including phenoxy) is 1. The monoisotopic (exact) mass is 365 g/mol. The van der Waals surface area contributed by atoms with E-state index in [1.165, 1.54) is 19.2 Å². The summed E-state index contributed by atoms with van der Waals surface area (Å²) in [6.07, 6.45) is 0.775. The molecule has 8 heteroatoms. The van der Waals surface area contributed by atoms with Crippen LogP contribution in [0.5, 0.6) is 0 Å². The van der Waals surface area contributed by atoms with Crippen molar-refractivity contribution in [3.63, 3.8) is 0 Å². The molecule has 1 fully saturated rings. The number of likely N-dealkylation sites (N-methyl/N-ethyl adjacent to an activating group) is 1. The van der Waals surface area contributed by atoms with Gasteiger partial charge >= 0.3 is 0 Å². The van der Waals surface area contributed by atoms with Crippen LogP contribution in [0.1, 0.15) is 18.0 Å². The van der Waals surface area contributed by atoms with Crippen molar-refractivity contribution in [2.24, 2.45) is 5.73 Å². The number of carbonyl (C=O) groups excluding carboxylic acids is 1. The van der Waals surface area contributed by atoms with Crippen molar-refractivity contribution in [2.75, 3.05) is 27.3 Å². The van der Waals surface area contributed by atoms with Crippen molar-refractivity contribution in [3.8, 4) is 0 Å². The van der Waals surface area contributed by atoms with Crippen molar-refractivity contribution < 1.29 is 13.9 Å². The number of amides is 1. The molecule has 23 heavy (non-hydrogen) atoms. The molecule has 5 nitrogen and oxygen atoms in total. The van der Waals surface area contributed by atoms with Crippen LogP contribution in [0.3, 0.4) is 0 Å². The van der Waals surface area contributed by atoms with Crippen molar-refractivity contribution in [2.45, 2.75) is 24.5 Å². The van der Waals surface area contributed by atoms with Gasteiger partial charge in [0.2, 0.25) is 5.91 Å². The van der Waals surface area contributed by atoms with Crippen LogP contribution in [0.4, 0.5) is 4.39 Å². The summed E-state index contributed by atoms with van der Waals surface area (Å²) >= 11 is 5.73. The zero-order chi connectivity index (χ0) is 16.3. The number of rotatable bonds is 5. The zero-order valence-electron chi connectivity index (χ0n) is 13.1. The molecule has 1 saturated heterocycles. The van der Waals surface area contributed by atoms with Gasteiger partial charge < -0.3 is 15.8 Å². The van der Waals surface area contributed by atoms with Gasteiger partial charge in [0.1, 0.15) is 11.9 Å². The molecule has 3 N–H and O–H groups in total. The SMILES string of the molecule is COCC(N)C(=O)NC1CCN(C)C1c1ccc(Cl)c(F)c1.Cl. The number of nitrogens with one attached hydrogen (secondary N) is 1. The number of likely N-dealkylation sites (tertiary alicyclic amines) is 1. The van der Waals surface area contributed by atoms with Crippen LogP contribution >= 0.6 is 24.0 Å². The van der Waals surface area contributed by atoms with Crippen molar-refractivity contribution >= 4 is 29.9 Å². The Morgan fingerprint density at radius 1 is 1.61 bits per heavy atom. The first-order valence-corrected chi connectivity index (χ1v) is 7.52. The molecular formula is C15H22Cl2FN3O2. The molecule has 0 aliphatic carbocycles. The summed E-state index contributed by atoms with van der Waals surface area (Å²) in [5.41, 5.74) is 6.53. The number of benzene rings is 1. The average Bonchev–Trinajstić information content (AvgIpc) is 2.83. The number of hydrogen-bond donors (Lipinski definition) is 2. The molecule has 1 aliphatic rings. The van der Waals surface area contributed by atoms with Crippen LogP contribution in [0.2, 0.25) is 5.02 Å². The lowest BCUT2D eigenvalue weighted by Crippen LogP contribution is -2.48. The molecule has 3 atom stereocenters. The maximum absolute atomic E-state index is 13.7. The number of carbonyl (C=O) groups is 1. The predicted octanol–water partition coefficient (Wildman–Crippen LogP) is 1.74. The minimum Gasteiger partial charge on any atom is -0.383 e. The summed E-state index contributed by atoms with van der Waals surface area (Å²) in [4.78, 5) is 14.1. The smallest absolute Gasteiger partial charge is 0.239 e. The lowest BCUT2D eigenvalue weighted by molar-refractivity contribution is -0.124. The Bertz CT molecular complexity index is 547. The summed E-state index contributed by atoms with van der Waals surface area (Å²) in [7, 11) is 3.44. The second-order valence-corrected chi connectivity index (χ2v) is 5.97. The Kier molecular flexibility index (Phi) is 7.70. The fourth-order valence-electron chi connectivity index (χ4n) is 2.83. The van der Waals surface area contributed by atoms with E-state index in [9.17, 15) is 9.18 Å². The van der Waals surface area contributed by atoms with E-state index < -0.39 is 11.9 Å². The fourth-order valence-corrected chi connectivity index (χ4v) is 2.94. The van der Waals surface area contributed by atoms with Gasteiger partial charge in [0.05, 0.1) is 17.7 Å². The van der Waals surface area contributed by atoms with Gasteiger partial charge in [-0.3, -0.25) is 9.69 Å². The van der Waals surface area contributed by atoms with E-state index in [0.717, 1.165) is 18.5 Å². The third-order valence-electron chi connectivity index (χ3n) is 3.94. The summed E-state index contributed by atoms with van der Waals surface area (Å²) in [6, 6.07) is 3.80. The molecule has 0 radical (unpaired) electrons. The first kappa shape index (κ1) is 20.1. The summed E-state index contributed by atoms with van der Waals surface area (Å²) in [5.74, 6) is -0.720. The molecule has 1 aromatic rings. The third-order valence-corrected chi connectivity index (χ3v) is 4.25. The minimum absolute atomic E-state index is 0. The number of hydrogen-bond acceptors (Lipinski definition) is 4. The molecule has 130 valence electrons. The topological polar surface area (TPSA) is 67.6 Å². The van der Waals surface area contributed by atoms with E-state index in [4.69, 9.17) is 22.1 Å². The second-order valence-electron chi connectivity index (χ2n) is 5.56. The highest BCUT2D eigenvalue weighted by Crippen LogP contribution is 2.32. The van der Waals surface area contributed by atoms with Gasteiger partial charge in [-0.05, 0) is 31.2 Å². The van der Waals surface area contributed by atoms with Gasteiger partial charge in [0.15, 0.2) is 0 Å². The molecule has 0 bridgehead atoms.